The normalized spacial score (nSPS) is 11.0. The van der Waals surface area contributed by atoms with Crippen molar-refractivity contribution in [1.29, 1.82) is 0 Å². The molecule has 0 aliphatic carbocycles. The van der Waals surface area contributed by atoms with Crippen molar-refractivity contribution in [3.8, 4) is 0 Å². The first kappa shape index (κ1) is 20.6. The van der Waals surface area contributed by atoms with Gasteiger partial charge in [0.25, 0.3) is 11.5 Å². The third kappa shape index (κ3) is 3.89. The molecule has 0 radical (unpaired) electrons. The molecular formula is C27H26N2O2. The molecule has 0 fully saturated rings. The fraction of sp³-hybridized carbons (Fsp3) is 0.185. The van der Waals surface area contributed by atoms with E-state index in [9.17, 15) is 9.59 Å². The van der Waals surface area contributed by atoms with Gasteiger partial charge in [0.2, 0.25) is 0 Å². The van der Waals surface area contributed by atoms with E-state index in [1.54, 1.807) is 4.90 Å². The minimum atomic E-state index is -0.172. The van der Waals surface area contributed by atoms with Crippen molar-refractivity contribution in [3.05, 3.63) is 110 Å². The number of aromatic amines is 1. The molecular weight excluding hydrogens is 384 g/mol. The van der Waals surface area contributed by atoms with E-state index in [0.29, 0.717) is 11.1 Å². The van der Waals surface area contributed by atoms with Gasteiger partial charge in [0.1, 0.15) is 0 Å². The topological polar surface area (TPSA) is 53.2 Å². The average Bonchev–Trinajstić information content (AvgIpc) is 2.75. The molecule has 0 unspecified atom stereocenters. The van der Waals surface area contributed by atoms with Crippen LogP contribution in [0.5, 0.6) is 0 Å². The lowest BCUT2D eigenvalue weighted by Gasteiger charge is -2.26. The first-order valence-electron chi connectivity index (χ1n) is 10.4. The van der Waals surface area contributed by atoms with Gasteiger partial charge in [0.15, 0.2) is 0 Å². The summed E-state index contributed by atoms with van der Waals surface area (Å²) in [5.41, 5.74) is 6.72. The summed E-state index contributed by atoms with van der Waals surface area (Å²) in [6.45, 7) is 8.14. The predicted octanol–water partition coefficient (Wildman–Crippen LogP) is 5.61. The standard InChI is InChI=1S/C27H26N2O2/c1-17-10-8-14-24(20(17)4)29(27(31)23-13-6-5-9-18(23)2)16-22-15-21-12-7-11-19(3)25(21)28-26(22)30/h5-15H,16H2,1-4H3,(H,28,30). The summed E-state index contributed by atoms with van der Waals surface area (Å²) in [5.74, 6) is -0.115. The van der Waals surface area contributed by atoms with E-state index in [-0.39, 0.29) is 18.0 Å². The lowest BCUT2D eigenvalue weighted by molar-refractivity contribution is 0.0984. The van der Waals surface area contributed by atoms with Crippen molar-refractivity contribution in [3.63, 3.8) is 0 Å². The Morgan fingerprint density at radius 3 is 2.29 bits per heavy atom. The van der Waals surface area contributed by atoms with Gasteiger partial charge in [-0.2, -0.15) is 0 Å². The number of aromatic nitrogens is 1. The zero-order valence-electron chi connectivity index (χ0n) is 18.3. The molecule has 0 atom stereocenters. The Morgan fingerprint density at radius 1 is 0.839 bits per heavy atom. The Hall–Kier alpha value is -3.66. The largest absolute Gasteiger partial charge is 0.321 e. The summed E-state index contributed by atoms with van der Waals surface area (Å²) in [5, 5.41) is 0.957. The predicted molar refractivity (Wildman–Crippen MR) is 127 cm³/mol. The summed E-state index contributed by atoms with van der Waals surface area (Å²) in [6.07, 6.45) is 0. The molecule has 3 aromatic carbocycles. The number of nitrogens with zero attached hydrogens (tertiary/aromatic N) is 1. The molecule has 0 aliphatic rings. The number of H-pyrrole nitrogens is 1. The molecule has 1 N–H and O–H groups in total. The number of anilines is 1. The number of carbonyl (C=O) groups is 1. The molecule has 0 spiro atoms. The average molecular weight is 411 g/mol. The maximum Gasteiger partial charge on any atom is 0.258 e. The van der Waals surface area contributed by atoms with Crippen molar-refractivity contribution >= 4 is 22.5 Å². The Kier molecular flexibility index (Phi) is 5.47. The van der Waals surface area contributed by atoms with E-state index in [2.05, 4.69) is 4.98 Å². The number of para-hydroxylation sites is 1. The van der Waals surface area contributed by atoms with Crippen LogP contribution < -0.4 is 10.5 Å². The van der Waals surface area contributed by atoms with Crippen LogP contribution in [-0.2, 0) is 6.54 Å². The van der Waals surface area contributed by atoms with E-state index in [4.69, 9.17) is 0 Å². The monoisotopic (exact) mass is 410 g/mol. The van der Waals surface area contributed by atoms with Gasteiger partial charge >= 0.3 is 0 Å². The Labute approximate surface area is 182 Å². The van der Waals surface area contributed by atoms with Gasteiger partial charge in [-0.1, -0.05) is 48.5 Å². The van der Waals surface area contributed by atoms with Crippen LogP contribution in [0.4, 0.5) is 5.69 Å². The molecule has 4 aromatic rings. The third-order valence-corrected chi connectivity index (χ3v) is 5.98. The smallest absolute Gasteiger partial charge is 0.258 e. The van der Waals surface area contributed by atoms with Crippen molar-refractivity contribution in [2.45, 2.75) is 34.2 Å². The molecule has 4 rings (SSSR count). The molecule has 31 heavy (non-hydrogen) atoms. The number of pyridine rings is 1. The molecule has 1 amide bonds. The van der Waals surface area contributed by atoms with E-state index >= 15 is 0 Å². The van der Waals surface area contributed by atoms with E-state index in [1.165, 1.54) is 0 Å². The molecule has 1 heterocycles. The zero-order chi connectivity index (χ0) is 22.1. The lowest BCUT2D eigenvalue weighted by atomic mass is 10.0. The molecule has 0 saturated heterocycles. The van der Waals surface area contributed by atoms with Gasteiger partial charge in [-0.25, -0.2) is 0 Å². The first-order valence-corrected chi connectivity index (χ1v) is 10.4. The molecule has 1 aromatic heterocycles. The molecule has 0 aliphatic heterocycles. The number of rotatable bonds is 4. The van der Waals surface area contributed by atoms with Gasteiger partial charge in [0.05, 0.1) is 12.1 Å². The fourth-order valence-corrected chi connectivity index (χ4v) is 3.97. The highest BCUT2D eigenvalue weighted by atomic mass is 16.2. The molecule has 4 heteroatoms. The second kappa shape index (κ2) is 8.23. The summed E-state index contributed by atoms with van der Waals surface area (Å²) in [4.78, 5) is 31.3. The quantitative estimate of drug-likeness (QED) is 0.475. The van der Waals surface area contributed by atoms with Crippen LogP contribution in [0.1, 0.15) is 38.2 Å². The van der Waals surface area contributed by atoms with Crippen molar-refractivity contribution in [2.24, 2.45) is 0 Å². The first-order chi connectivity index (χ1) is 14.9. The highest BCUT2D eigenvalue weighted by Crippen LogP contribution is 2.27. The minimum Gasteiger partial charge on any atom is -0.321 e. The van der Waals surface area contributed by atoms with Crippen molar-refractivity contribution in [2.75, 3.05) is 4.90 Å². The Morgan fingerprint density at radius 2 is 1.52 bits per heavy atom. The summed E-state index contributed by atoms with van der Waals surface area (Å²) >= 11 is 0. The zero-order valence-corrected chi connectivity index (χ0v) is 18.3. The molecule has 4 nitrogen and oxygen atoms in total. The number of hydrogen-bond acceptors (Lipinski definition) is 2. The number of aryl methyl sites for hydroxylation is 3. The van der Waals surface area contributed by atoms with Gasteiger partial charge in [-0.3, -0.25) is 9.59 Å². The van der Waals surface area contributed by atoms with Crippen LogP contribution in [0.3, 0.4) is 0 Å². The van der Waals surface area contributed by atoms with E-state index in [1.807, 2.05) is 94.4 Å². The summed E-state index contributed by atoms with van der Waals surface area (Å²) < 4.78 is 0. The lowest BCUT2D eigenvalue weighted by Crippen LogP contribution is -2.34. The van der Waals surface area contributed by atoms with Crippen LogP contribution in [0.25, 0.3) is 10.9 Å². The van der Waals surface area contributed by atoms with Crippen molar-refractivity contribution < 1.29 is 4.79 Å². The third-order valence-electron chi connectivity index (χ3n) is 5.98. The van der Waals surface area contributed by atoms with Gasteiger partial charge in [0, 0.05) is 16.8 Å². The second-order valence-electron chi connectivity index (χ2n) is 8.09. The van der Waals surface area contributed by atoms with E-state index in [0.717, 1.165) is 38.8 Å². The number of hydrogen-bond donors (Lipinski definition) is 1. The number of fused-ring (bicyclic) bond motifs is 1. The maximum atomic E-state index is 13.7. The number of carbonyl (C=O) groups excluding carboxylic acids is 1. The maximum absolute atomic E-state index is 13.7. The second-order valence-corrected chi connectivity index (χ2v) is 8.09. The fourth-order valence-electron chi connectivity index (χ4n) is 3.97. The van der Waals surface area contributed by atoms with E-state index < -0.39 is 0 Å². The molecule has 156 valence electrons. The van der Waals surface area contributed by atoms with Crippen molar-refractivity contribution in [1.82, 2.24) is 4.98 Å². The van der Waals surface area contributed by atoms with Crippen LogP contribution >= 0.6 is 0 Å². The highest BCUT2D eigenvalue weighted by Gasteiger charge is 2.23. The number of benzene rings is 3. The molecule has 0 bridgehead atoms. The summed E-state index contributed by atoms with van der Waals surface area (Å²) in [7, 11) is 0. The highest BCUT2D eigenvalue weighted by molar-refractivity contribution is 6.07. The van der Waals surface area contributed by atoms with Gasteiger partial charge < -0.3 is 9.88 Å². The van der Waals surface area contributed by atoms with Gasteiger partial charge in [-0.05, 0) is 73.5 Å². The van der Waals surface area contributed by atoms with Gasteiger partial charge in [-0.15, -0.1) is 0 Å². The Bertz CT molecular complexity index is 1350. The summed E-state index contributed by atoms with van der Waals surface area (Å²) in [6, 6.07) is 21.3. The molecule has 0 saturated carbocycles. The van der Waals surface area contributed by atoms with Crippen LogP contribution in [0.2, 0.25) is 0 Å². The number of amides is 1. The van der Waals surface area contributed by atoms with Crippen LogP contribution in [0.15, 0.2) is 71.5 Å². The van der Waals surface area contributed by atoms with Crippen LogP contribution in [-0.4, -0.2) is 10.9 Å². The Balaban J connectivity index is 1.86. The number of nitrogens with one attached hydrogen (secondary N) is 1. The minimum absolute atomic E-state index is 0.115. The van der Waals surface area contributed by atoms with Crippen LogP contribution in [0, 0.1) is 27.7 Å². The SMILES string of the molecule is Cc1ccccc1C(=O)N(Cc1cc2cccc(C)c2[nH]c1=O)c1cccc(C)c1C.